The molecule has 0 amide bonds. The number of nitrogens with zero attached hydrogens (tertiary/aromatic N) is 2. The summed E-state index contributed by atoms with van der Waals surface area (Å²) in [5.41, 5.74) is 1.05. The Kier molecular flexibility index (Phi) is 7.39. The lowest BCUT2D eigenvalue weighted by atomic mass is 10.2. The molecule has 0 unspecified atom stereocenters. The van der Waals surface area contributed by atoms with Gasteiger partial charge < -0.3 is 10.1 Å². The number of hydrogen-bond acceptors (Lipinski definition) is 5. The van der Waals surface area contributed by atoms with Gasteiger partial charge in [-0.25, -0.2) is 0 Å². The van der Waals surface area contributed by atoms with Crippen LogP contribution in [0.25, 0.3) is 0 Å². The van der Waals surface area contributed by atoms with Crippen molar-refractivity contribution in [3.8, 4) is 0 Å². The molecule has 3 nitrogen and oxygen atoms in total. The Bertz CT molecular complexity index is 373. The van der Waals surface area contributed by atoms with Crippen molar-refractivity contribution in [3.63, 3.8) is 0 Å². The van der Waals surface area contributed by atoms with Crippen LogP contribution in [-0.4, -0.2) is 41.7 Å². The zero-order valence-electron chi connectivity index (χ0n) is 11.3. The predicted molar refractivity (Wildman–Crippen MR) is 81.6 cm³/mol. The molecule has 0 bridgehead atoms. The van der Waals surface area contributed by atoms with E-state index in [0.29, 0.717) is 0 Å². The molecular formula is C13H22N2OS2. The van der Waals surface area contributed by atoms with Gasteiger partial charge in [0.15, 0.2) is 0 Å². The fourth-order valence-corrected chi connectivity index (χ4v) is 4.06. The van der Waals surface area contributed by atoms with E-state index >= 15 is 0 Å². The lowest BCUT2D eigenvalue weighted by Crippen LogP contribution is -2.25. The van der Waals surface area contributed by atoms with Gasteiger partial charge in [0.25, 0.3) is 0 Å². The van der Waals surface area contributed by atoms with Crippen molar-refractivity contribution >= 4 is 29.3 Å². The monoisotopic (exact) mass is 286 g/mol. The topological polar surface area (TPSA) is 35.8 Å². The minimum Gasteiger partial charge on any atom is -0.411 e. The second-order valence-corrected chi connectivity index (χ2v) is 6.58. The Balaban J connectivity index is 2.68. The van der Waals surface area contributed by atoms with Crippen molar-refractivity contribution in [3.05, 3.63) is 16.5 Å². The van der Waals surface area contributed by atoms with Crippen LogP contribution in [0.2, 0.25) is 0 Å². The first-order valence-corrected chi connectivity index (χ1v) is 8.20. The zero-order valence-corrected chi connectivity index (χ0v) is 13.0. The maximum atomic E-state index is 8.67. The molecule has 102 valence electrons. The molecule has 0 fully saturated rings. The lowest BCUT2D eigenvalue weighted by molar-refractivity contribution is 0.308. The van der Waals surface area contributed by atoms with Gasteiger partial charge >= 0.3 is 0 Å². The van der Waals surface area contributed by atoms with Crippen molar-refractivity contribution in [1.29, 1.82) is 0 Å². The lowest BCUT2D eigenvalue weighted by Gasteiger charge is -2.16. The van der Waals surface area contributed by atoms with Gasteiger partial charge in [-0.05, 0) is 31.3 Å². The normalized spacial score (nSPS) is 11.8. The molecule has 5 heteroatoms. The molecular weight excluding hydrogens is 264 g/mol. The standard InChI is InChI=1S/C13H22N2OS2/c1-4-15(5-2)8-7-12-9-11(10-14-16)13(18-12)17-6-3/h9-10,16H,4-8H2,1-3H3/b14-10-. The van der Waals surface area contributed by atoms with E-state index in [0.717, 1.165) is 37.4 Å². The Hall–Kier alpha value is -0.520. The first kappa shape index (κ1) is 15.5. The molecule has 0 spiro atoms. The minimum atomic E-state index is 1.04. The van der Waals surface area contributed by atoms with E-state index in [1.54, 1.807) is 0 Å². The van der Waals surface area contributed by atoms with Crippen molar-refractivity contribution in [2.45, 2.75) is 31.4 Å². The predicted octanol–water partition coefficient (Wildman–Crippen LogP) is 3.55. The van der Waals surface area contributed by atoms with Crippen LogP contribution >= 0.6 is 23.1 Å². The van der Waals surface area contributed by atoms with E-state index in [1.165, 1.54) is 15.3 Å². The van der Waals surface area contributed by atoms with Gasteiger partial charge in [-0.1, -0.05) is 25.9 Å². The summed E-state index contributed by atoms with van der Waals surface area (Å²) in [7, 11) is 0. The Morgan fingerprint density at radius 2 is 2.11 bits per heavy atom. The molecule has 1 aromatic heterocycles. The van der Waals surface area contributed by atoms with Crippen LogP contribution in [-0.2, 0) is 6.42 Å². The summed E-state index contributed by atoms with van der Waals surface area (Å²) < 4.78 is 1.25. The first-order chi connectivity index (χ1) is 8.74. The quantitative estimate of drug-likeness (QED) is 0.343. The zero-order chi connectivity index (χ0) is 13.4. The highest BCUT2D eigenvalue weighted by Crippen LogP contribution is 2.31. The smallest absolute Gasteiger partial charge is 0.0753 e. The third-order valence-corrected chi connectivity index (χ3v) is 5.21. The van der Waals surface area contributed by atoms with Crippen molar-refractivity contribution in [2.24, 2.45) is 5.16 Å². The second-order valence-electron chi connectivity index (χ2n) is 3.91. The highest BCUT2D eigenvalue weighted by atomic mass is 32.2. The molecule has 18 heavy (non-hydrogen) atoms. The van der Waals surface area contributed by atoms with E-state index < -0.39 is 0 Å². The first-order valence-electron chi connectivity index (χ1n) is 6.40. The molecule has 1 N–H and O–H groups in total. The fraction of sp³-hybridized carbons (Fsp3) is 0.615. The van der Waals surface area contributed by atoms with Gasteiger partial charge in [0.2, 0.25) is 0 Å². The molecule has 1 aromatic rings. The SMILES string of the molecule is CCSc1sc(CCN(CC)CC)cc1/C=N\O. The molecule has 0 aliphatic carbocycles. The van der Waals surface area contributed by atoms with Crippen LogP contribution in [0.5, 0.6) is 0 Å². The third kappa shape index (κ3) is 4.63. The molecule has 0 saturated heterocycles. The minimum absolute atomic E-state index is 1.04. The number of oxime groups is 1. The third-order valence-electron chi connectivity index (χ3n) is 2.82. The van der Waals surface area contributed by atoms with E-state index in [4.69, 9.17) is 5.21 Å². The fourth-order valence-electron chi connectivity index (χ4n) is 1.77. The maximum Gasteiger partial charge on any atom is 0.0753 e. The molecule has 0 aliphatic rings. The van der Waals surface area contributed by atoms with Crippen LogP contribution in [0.1, 0.15) is 31.2 Å². The molecule has 0 saturated carbocycles. The van der Waals surface area contributed by atoms with E-state index in [2.05, 4.69) is 36.9 Å². The number of hydrogen-bond donors (Lipinski definition) is 1. The van der Waals surface area contributed by atoms with Gasteiger partial charge in [-0.3, -0.25) is 0 Å². The van der Waals surface area contributed by atoms with E-state index in [1.807, 2.05) is 23.1 Å². The molecule has 0 atom stereocenters. The second kappa shape index (κ2) is 8.56. The van der Waals surface area contributed by atoms with Gasteiger partial charge in [0.05, 0.1) is 10.4 Å². The highest BCUT2D eigenvalue weighted by Gasteiger charge is 2.09. The number of rotatable bonds is 8. The van der Waals surface area contributed by atoms with Crippen molar-refractivity contribution in [2.75, 3.05) is 25.4 Å². The molecule has 0 aliphatic heterocycles. The maximum absolute atomic E-state index is 8.67. The molecule has 1 rings (SSSR count). The largest absolute Gasteiger partial charge is 0.411 e. The summed E-state index contributed by atoms with van der Waals surface area (Å²) in [6, 6.07) is 2.14. The van der Waals surface area contributed by atoms with E-state index in [-0.39, 0.29) is 0 Å². The Morgan fingerprint density at radius 3 is 2.67 bits per heavy atom. The molecule has 0 aromatic carbocycles. The summed E-state index contributed by atoms with van der Waals surface area (Å²) in [6.45, 7) is 9.83. The van der Waals surface area contributed by atoms with Crippen LogP contribution in [0.3, 0.4) is 0 Å². The summed E-state index contributed by atoms with van der Waals surface area (Å²) in [5.74, 6) is 1.04. The summed E-state index contributed by atoms with van der Waals surface area (Å²) >= 11 is 3.63. The average Bonchev–Trinajstić information content (AvgIpc) is 2.74. The van der Waals surface area contributed by atoms with Crippen LogP contribution in [0, 0.1) is 0 Å². The highest BCUT2D eigenvalue weighted by molar-refractivity contribution is 8.01. The van der Waals surface area contributed by atoms with Crippen molar-refractivity contribution < 1.29 is 5.21 Å². The number of thioether (sulfide) groups is 1. The molecule has 0 radical (unpaired) electrons. The van der Waals surface area contributed by atoms with Gasteiger partial charge in [-0.2, -0.15) is 0 Å². The number of likely N-dealkylation sites (N-methyl/N-ethyl adjacent to an activating group) is 1. The van der Waals surface area contributed by atoms with Crippen LogP contribution in [0.15, 0.2) is 15.4 Å². The Morgan fingerprint density at radius 1 is 1.39 bits per heavy atom. The average molecular weight is 286 g/mol. The van der Waals surface area contributed by atoms with Crippen LogP contribution < -0.4 is 0 Å². The van der Waals surface area contributed by atoms with Gasteiger partial charge in [0, 0.05) is 17.0 Å². The Labute approximate surface area is 118 Å². The summed E-state index contributed by atoms with van der Waals surface area (Å²) in [6.07, 6.45) is 2.61. The van der Waals surface area contributed by atoms with Gasteiger partial charge in [-0.15, -0.1) is 23.1 Å². The summed E-state index contributed by atoms with van der Waals surface area (Å²) in [4.78, 5) is 3.79. The van der Waals surface area contributed by atoms with Crippen molar-refractivity contribution in [1.82, 2.24) is 4.90 Å². The summed E-state index contributed by atoms with van der Waals surface area (Å²) in [5, 5.41) is 11.8. The van der Waals surface area contributed by atoms with Gasteiger partial charge in [0.1, 0.15) is 0 Å². The van der Waals surface area contributed by atoms with E-state index in [9.17, 15) is 0 Å². The number of thiophene rings is 1. The van der Waals surface area contributed by atoms with Crippen LogP contribution in [0.4, 0.5) is 0 Å². The molecule has 1 heterocycles.